The van der Waals surface area contributed by atoms with E-state index in [-0.39, 0.29) is 5.54 Å². The van der Waals surface area contributed by atoms with E-state index in [2.05, 4.69) is 39.6 Å². The fourth-order valence-electron chi connectivity index (χ4n) is 3.36. The highest BCUT2D eigenvalue weighted by Crippen LogP contribution is 2.31. The van der Waals surface area contributed by atoms with Gasteiger partial charge in [0.2, 0.25) is 0 Å². The first-order chi connectivity index (χ1) is 7.82. The third-order valence-corrected chi connectivity index (χ3v) is 4.26. The van der Waals surface area contributed by atoms with E-state index < -0.39 is 0 Å². The third kappa shape index (κ3) is 4.97. The van der Waals surface area contributed by atoms with Crippen molar-refractivity contribution >= 4 is 0 Å². The first-order valence-corrected chi connectivity index (χ1v) is 7.31. The van der Waals surface area contributed by atoms with Crippen LogP contribution in [0.25, 0.3) is 0 Å². The summed E-state index contributed by atoms with van der Waals surface area (Å²) in [6.45, 7) is 10.3. The van der Waals surface area contributed by atoms with Crippen molar-refractivity contribution in [1.29, 1.82) is 0 Å². The fourth-order valence-corrected chi connectivity index (χ4v) is 3.36. The predicted molar refractivity (Wildman–Crippen MR) is 76.1 cm³/mol. The summed E-state index contributed by atoms with van der Waals surface area (Å²) in [5.74, 6) is 1.58. The monoisotopic (exact) mass is 240 g/mol. The van der Waals surface area contributed by atoms with E-state index in [0.717, 1.165) is 18.4 Å². The molecule has 3 unspecified atom stereocenters. The number of rotatable bonds is 5. The Labute approximate surface area is 108 Å². The van der Waals surface area contributed by atoms with E-state index in [1.54, 1.807) is 0 Å². The van der Waals surface area contributed by atoms with Crippen LogP contribution in [0.2, 0.25) is 0 Å². The Kier molecular flexibility index (Phi) is 5.46. The van der Waals surface area contributed by atoms with Gasteiger partial charge in [-0.25, -0.2) is 0 Å². The Hall–Kier alpha value is -0.0800. The quantitative estimate of drug-likeness (QED) is 0.799. The molecule has 3 atom stereocenters. The molecule has 0 aromatic rings. The SMILES string of the molecule is CC(C)CC(C)N(C)CC1(N)CCCC(C)C1. The Bertz CT molecular complexity index is 227. The minimum Gasteiger partial charge on any atom is -0.324 e. The van der Waals surface area contributed by atoms with Crippen molar-refractivity contribution in [2.45, 2.75) is 71.4 Å². The van der Waals surface area contributed by atoms with Gasteiger partial charge in [-0.05, 0) is 45.1 Å². The predicted octanol–water partition coefficient (Wildman–Crippen LogP) is 3.26. The van der Waals surface area contributed by atoms with Crippen LogP contribution in [0.4, 0.5) is 0 Å². The summed E-state index contributed by atoms with van der Waals surface area (Å²) in [7, 11) is 2.24. The number of nitrogens with zero attached hydrogens (tertiary/aromatic N) is 1. The van der Waals surface area contributed by atoms with Gasteiger partial charge in [-0.1, -0.05) is 33.6 Å². The van der Waals surface area contributed by atoms with E-state index >= 15 is 0 Å². The fraction of sp³-hybridized carbons (Fsp3) is 1.00. The molecule has 0 amide bonds. The van der Waals surface area contributed by atoms with Crippen molar-refractivity contribution in [2.24, 2.45) is 17.6 Å². The standard InChI is InChI=1S/C15H32N2/c1-12(2)9-14(4)17(5)11-15(16)8-6-7-13(3)10-15/h12-14H,6-11,16H2,1-5H3. The van der Waals surface area contributed by atoms with Gasteiger partial charge in [0.05, 0.1) is 0 Å². The van der Waals surface area contributed by atoms with Crippen LogP contribution >= 0.6 is 0 Å². The van der Waals surface area contributed by atoms with Gasteiger partial charge in [0.15, 0.2) is 0 Å². The molecule has 0 bridgehead atoms. The minimum atomic E-state index is 0.0671. The molecular weight excluding hydrogens is 208 g/mol. The van der Waals surface area contributed by atoms with Gasteiger partial charge in [-0.3, -0.25) is 0 Å². The second-order valence-corrected chi connectivity index (χ2v) is 6.96. The van der Waals surface area contributed by atoms with E-state index in [9.17, 15) is 0 Å². The maximum atomic E-state index is 6.58. The number of likely N-dealkylation sites (N-methyl/N-ethyl adjacent to an activating group) is 1. The van der Waals surface area contributed by atoms with Crippen LogP contribution in [0.1, 0.15) is 59.8 Å². The lowest BCUT2D eigenvalue weighted by molar-refractivity contribution is 0.134. The van der Waals surface area contributed by atoms with Gasteiger partial charge in [0, 0.05) is 18.1 Å². The molecular formula is C15H32N2. The van der Waals surface area contributed by atoms with Gasteiger partial charge in [-0.15, -0.1) is 0 Å². The van der Waals surface area contributed by atoms with Gasteiger partial charge >= 0.3 is 0 Å². The normalized spacial score (nSPS) is 32.1. The summed E-state index contributed by atoms with van der Waals surface area (Å²) in [5.41, 5.74) is 6.64. The molecule has 0 aromatic carbocycles. The smallest absolute Gasteiger partial charge is 0.0285 e. The van der Waals surface area contributed by atoms with Crippen molar-refractivity contribution in [2.75, 3.05) is 13.6 Å². The van der Waals surface area contributed by atoms with Gasteiger partial charge in [0.1, 0.15) is 0 Å². The Balaban J connectivity index is 2.45. The van der Waals surface area contributed by atoms with Crippen LogP contribution in [-0.4, -0.2) is 30.1 Å². The first kappa shape index (κ1) is 15.0. The molecule has 102 valence electrons. The van der Waals surface area contributed by atoms with Crippen LogP contribution in [0, 0.1) is 11.8 Å². The largest absolute Gasteiger partial charge is 0.324 e. The van der Waals surface area contributed by atoms with Crippen molar-refractivity contribution in [3.63, 3.8) is 0 Å². The highest BCUT2D eigenvalue weighted by Gasteiger charge is 2.32. The molecule has 0 heterocycles. The molecule has 2 N–H and O–H groups in total. The van der Waals surface area contributed by atoms with Crippen LogP contribution in [0.15, 0.2) is 0 Å². The minimum absolute atomic E-state index is 0.0671. The molecule has 0 saturated heterocycles. The van der Waals surface area contributed by atoms with Crippen LogP contribution in [0.3, 0.4) is 0 Å². The summed E-state index contributed by atoms with van der Waals surface area (Å²) in [6, 6.07) is 0.646. The lowest BCUT2D eigenvalue weighted by Crippen LogP contribution is -2.53. The van der Waals surface area contributed by atoms with E-state index in [4.69, 9.17) is 5.73 Å². The highest BCUT2D eigenvalue weighted by molar-refractivity contribution is 4.92. The molecule has 0 aliphatic heterocycles. The highest BCUT2D eigenvalue weighted by atomic mass is 15.1. The number of hydrogen-bond acceptors (Lipinski definition) is 2. The molecule has 1 fully saturated rings. The topological polar surface area (TPSA) is 29.3 Å². The average Bonchev–Trinajstić information content (AvgIpc) is 2.14. The zero-order valence-electron chi connectivity index (χ0n) is 12.5. The van der Waals surface area contributed by atoms with Crippen molar-refractivity contribution in [1.82, 2.24) is 4.90 Å². The van der Waals surface area contributed by atoms with Gasteiger partial charge in [0.25, 0.3) is 0 Å². The molecule has 0 aromatic heterocycles. The molecule has 2 heteroatoms. The van der Waals surface area contributed by atoms with E-state index in [1.165, 1.54) is 32.1 Å². The average molecular weight is 240 g/mol. The Morgan fingerprint density at radius 2 is 2.00 bits per heavy atom. The summed E-state index contributed by atoms with van der Waals surface area (Å²) in [5, 5.41) is 0. The maximum absolute atomic E-state index is 6.58. The lowest BCUT2D eigenvalue weighted by atomic mass is 9.76. The molecule has 0 radical (unpaired) electrons. The Morgan fingerprint density at radius 3 is 2.53 bits per heavy atom. The van der Waals surface area contributed by atoms with Gasteiger partial charge in [-0.2, -0.15) is 0 Å². The second kappa shape index (κ2) is 6.19. The molecule has 1 aliphatic carbocycles. The van der Waals surface area contributed by atoms with Gasteiger partial charge < -0.3 is 10.6 Å². The maximum Gasteiger partial charge on any atom is 0.0285 e. The number of hydrogen-bond donors (Lipinski definition) is 1. The summed E-state index contributed by atoms with van der Waals surface area (Å²) >= 11 is 0. The molecule has 0 spiro atoms. The number of nitrogens with two attached hydrogens (primary N) is 1. The summed E-state index contributed by atoms with van der Waals surface area (Å²) in [6.07, 6.45) is 6.35. The molecule has 2 nitrogen and oxygen atoms in total. The molecule has 1 rings (SSSR count). The lowest BCUT2D eigenvalue weighted by Gasteiger charge is -2.41. The van der Waals surface area contributed by atoms with Crippen LogP contribution in [-0.2, 0) is 0 Å². The second-order valence-electron chi connectivity index (χ2n) is 6.96. The van der Waals surface area contributed by atoms with Crippen molar-refractivity contribution in [3.05, 3.63) is 0 Å². The summed E-state index contributed by atoms with van der Waals surface area (Å²) in [4.78, 5) is 2.47. The zero-order chi connectivity index (χ0) is 13.1. The van der Waals surface area contributed by atoms with E-state index in [0.29, 0.717) is 6.04 Å². The zero-order valence-corrected chi connectivity index (χ0v) is 12.5. The first-order valence-electron chi connectivity index (χ1n) is 7.31. The van der Waals surface area contributed by atoms with Crippen LogP contribution in [0.5, 0.6) is 0 Å². The molecule has 1 saturated carbocycles. The van der Waals surface area contributed by atoms with Crippen molar-refractivity contribution < 1.29 is 0 Å². The van der Waals surface area contributed by atoms with Crippen LogP contribution < -0.4 is 5.73 Å². The molecule has 1 aliphatic rings. The Morgan fingerprint density at radius 1 is 1.35 bits per heavy atom. The summed E-state index contributed by atoms with van der Waals surface area (Å²) < 4.78 is 0. The third-order valence-electron chi connectivity index (χ3n) is 4.26. The van der Waals surface area contributed by atoms with Crippen molar-refractivity contribution in [3.8, 4) is 0 Å². The molecule has 17 heavy (non-hydrogen) atoms. The van der Waals surface area contributed by atoms with E-state index in [1.807, 2.05) is 0 Å².